The molecule has 0 fully saturated rings. The Morgan fingerprint density at radius 1 is 0.903 bits per heavy atom. The Morgan fingerprint density at radius 3 is 2.19 bits per heavy atom. The molecule has 1 heterocycles. The quantitative estimate of drug-likeness (QED) is 0.463. The molecule has 3 aromatic rings. The van der Waals surface area contributed by atoms with E-state index in [2.05, 4.69) is 41.2 Å². The molecule has 31 heavy (non-hydrogen) atoms. The minimum Gasteiger partial charge on any atom is -1.00 e. The fraction of sp³-hybridized carbons (Fsp3) is 0.280. The Hall–Kier alpha value is -2.86. The third kappa shape index (κ3) is 4.59. The topological polar surface area (TPSA) is 48.6 Å². The zero-order valence-corrected chi connectivity index (χ0v) is 19.5. The SMILES string of the molecule is COc1cc2c(c(OC)c1OC)C(=O)C(Cc1cc[n+](Cc3ccccc3)cc1)C2.[Br-]. The van der Waals surface area contributed by atoms with Crippen LogP contribution in [0.4, 0.5) is 0 Å². The van der Waals surface area contributed by atoms with Crippen LogP contribution in [0.3, 0.4) is 0 Å². The van der Waals surface area contributed by atoms with E-state index in [4.69, 9.17) is 14.2 Å². The van der Waals surface area contributed by atoms with Crippen molar-refractivity contribution in [3.63, 3.8) is 0 Å². The van der Waals surface area contributed by atoms with Crippen LogP contribution < -0.4 is 35.8 Å². The Kier molecular flexibility index (Phi) is 7.33. The van der Waals surface area contributed by atoms with Gasteiger partial charge in [-0.1, -0.05) is 30.3 Å². The molecule has 0 saturated heterocycles. The summed E-state index contributed by atoms with van der Waals surface area (Å²) in [6.45, 7) is 0.825. The molecular weight excluding hydrogens is 458 g/mol. The highest BCUT2D eigenvalue weighted by atomic mass is 79.9. The summed E-state index contributed by atoms with van der Waals surface area (Å²) in [6.07, 6.45) is 5.50. The van der Waals surface area contributed by atoms with E-state index in [-0.39, 0.29) is 28.7 Å². The first kappa shape index (κ1) is 22.8. The van der Waals surface area contributed by atoms with Gasteiger partial charge in [-0.25, -0.2) is 4.57 Å². The molecule has 0 N–H and O–H groups in total. The molecule has 1 atom stereocenters. The van der Waals surface area contributed by atoms with E-state index in [1.807, 2.05) is 24.3 Å². The van der Waals surface area contributed by atoms with Crippen molar-refractivity contribution in [1.29, 1.82) is 0 Å². The molecule has 0 spiro atoms. The van der Waals surface area contributed by atoms with Crippen LogP contribution in [0.5, 0.6) is 17.2 Å². The van der Waals surface area contributed by atoms with Crippen LogP contribution in [0.1, 0.15) is 27.0 Å². The highest BCUT2D eigenvalue weighted by molar-refractivity contribution is 6.06. The van der Waals surface area contributed by atoms with E-state index < -0.39 is 0 Å². The van der Waals surface area contributed by atoms with Crippen LogP contribution in [-0.2, 0) is 19.4 Å². The molecule has 1 unspecified atom stereocenters. The molecule has 4 rings (SSSR count). The summed E-state index contributed by atoms with van der Waals surface area (Å²) >= 11 is 0. The number of carbonyl (C=O) groups is 1. The molecule has 2 aromatic carbocycles. The highest BCUT2D eigenvalue weighted by Crippen LogP contribution is 2.46. The van der Waals surface area contributed by atoms with Crippen molar-refractivity contribution in [2.45, 2.75) is 19.4 Å². The maximum absolute atomic E-state index is 13.2. The molecule has 0 bridgehead atoms. The van der Waals surface area contributed by atoms with E-state index in [0.29, 0.717) is 35.7 Å². The van der Waals surface area contributed by atoms with Crippen LogP contribution >= 0.6 is 0 Å². The van der Waals surface area contributed by atoms with Gasteiger partial charge < -0.3 is 31.2 Å². The Labute approximate surface area is 193 Å². The van der Waals surface area contributed by atoms with Gasteiger partial charge >= 0.3 is 0 Å². The van der Waals surface area contributed by atoms with Gasteiger partial charge in [-0.15, -0.1) is 0 Å². The number of ketones is 1. The van der Waals surface area contributed by atoms with Gasteiger partial charge in [-0.3, -0.25) is 4.79 Å². The van der Waals surface area contributed by atoms with Gasteiger partial charge in [-0.2, -0.15) is 0 Å². The standard InChI is InChI=1S/C25H26NO4.BrH/c1-28-21-15-19-14-20(23(27)22(19)25(30-3)24(21)29-2)13-17-9-11-26(12-10-17)16-18-7-5-4-6-8-18;/h4-12,15,20H,13-14,16H2,1-3H3;1H/q+1;/p-1. The molecule has 0 amide bonds. The molecule has 1 aromatic heterocycles. The van der Waals surface area contributed by atoms with Gasteiger partial charge in [0.15, 0.2) is 36.2 Å². The lowest BCUT2D eigenvalue weighted by Gasteiger charge is -2.15. The van der Waals surface area contributed by atoms with Crippen molar-refractivity contribution < 1.29 is 40.6 Å². The number of ether oxygens (including phenoxy) is 3. The number of halogens is 1. The van der Waals surface area contributed by atoms with Crippen molar-refractivity contribution >= 4 is 5.78 Å². The number of carbonyl (C=O) groups excluding carboxylic acids is 1. The van der Waals surface area contributed by atoms with E-state index in [0.717, 1.165) is 17.7 Å². The third-order valence-corrected chi connectivity index (χ3v) is 5.65. The number of pyridine rings is 1. The van der Waals surface area contributed by atoms with E-state index in [1.54, 1.807) is 21.3 Å². The molecule has 0 aliphatic heterocycles. The summed E-state index contributed by atoms with van der Waals surface area (Å²) in [5.41, 5.74) is 3.97. The van der Waals surface area contributed by atoms with Gasteiger partial charge in [0.05, 0.1) is 26.9 Å². The van der Waals surface area contributed by atoms with Gasteiger partial charge in [0.1, 0.15) is 0 Å². The number of hydrogen-bond donors (Lipinski definition) is 0. The summed E-state index contributed by atoms with van der Waals surface area (Å²) in [7, 11) is 4.70. The molecule has 0 radical (unpaired) electrons. The van der Waals surface area contributed by atoms with E-state index in [9.17, 15) is 4.79 Å². The smallest absolute Gasteiger partial charge is 0.204 e. The second kappa shape index (κ2) is 9.96. The first-order valence-electron chi connectivity index (χ1n) is 10.0. The predicted molar refractivity (Wildman–Crippen MR) is 114 cm³/mol. The van der Waals surface area contributed by atoms with Gasteiger partial charge in [0.2, 0.25) is 5.75 Å². The maximum Gasteiger partial charge on any atom is 0.204 e. The summed E-state index contributed by atoms with van der Waals surface area (Å²) < 4.78 is 18.6. The monoisotopic (exact) mass is 483 g/mol. The number of benzene rings is 2. The summed E-state index contributed by atoms with van der Waals surface area (Å²) in [4.78, 5) is 13.2. The summed E-state index contributed by atoms with van der Waals surface area (Å²) in [5, 5.41) is 0. The van der Waals surface area contributed by atoms with Crippen molar-refractivity contribution in [1.82, 2.24) is 0 Å². The lowest BCUT2D eigenvalue weighted by atomic mass is 9.96. The molecule has 1 aliphatic carbocycles. The molecular formula is C25H26BrNO4. The van der Waals surface area contributed by atoms with Crippen molar-refractivity contribution in [3.8, 4) is 17.2 Å². The zero-order chi connectivity index (χ0) is 21.1. The zero-order valence-electron chi connectivity index (χ0n) is 17.9. The number of fused-ring (bicyclic) bond motifs is 1. The normalized spacial score (nSPS) is 14.5. The minimum atomic E-state index is -0.115. The Morgan fingerprint density at radius 2 is 1.58 bits per heavy atom. The van der Waals surface area contributed by atoms with Gasteiger partial charge in [-0.05, 0) is 30.0 Å². The average molecular weight is 484 g/mol. The van der Waals surface area contributed by atoms with E-state index >= 15 is 0 Å². The van der Waals surface area contributed by atoms with Gasteiger partial charge in [0.25, 0.3) is 0 Å². The first-order valence-corrected chi connectivity index (χ1v) is 10.0. The Balaban J connectivity index is 0.00000272. The molecule has 1 aliphatic rings. The average Bonchev–Trinajstić information content (AvgIpc) is 3.09. The lowest BCUT2D eigenvalue weighted by molar-refractivity contribution is -0.688. The number of hydrogen-bond acceptors (Lipinski definition) is 4. The number of aromatic nitrogens is 1. The molecule has 5 nitrogen and oxygen atoms in total. The molecule has 0 saturated carbocycles. The Bertz CT molecular complexity index is 1050. The first-order chi connectivity index (χ1) is 14.6. The number of Topliss-reactive ketones (excluding diaryl/α,β-unsaturated/α-hetero) is 1. The minimum absolute atomic E-state index is 0. The second-order valence-electron chi connectivity index (χ2n) is 7.51. The molecule has 162 valence electrons. The second-order valence-corrected chi connectivity index (χ2v) is 7.51. The van der Waals surface area contributed by atoms with Crippen LogP contribution in [0.25, 0.3) is 0 Å². The van der Waals surface area contributed by atoms with Crippen LogP contribution in [0.15, 0.2) is 60.9 Å². The van der Waals surface area contributed by atoms with Crippen LogP contribution in [0, 0.1) is 5.92 Å². The van der Waals surface area contributed by atoms with Crippen molar-refractivity contribution in [3.05, 3.63) is 83.2 Å². The predicted octanol–water partition coefficient (Wildman–Crippen LogP) is 0.650. The highest BCUT2D eigenvalue weighted by Gasteiger charge is 2.36. The van der Waals surface area contributed by atoms with Crippen LogP contribution in [-0.4, -0.2) is 27.1 Å². The van der Waals surface area contributed by atoms with Gasteiger partial charge in [0, 0.05) is 23.6 Å². The van der Waals surface area contributed by atoms with Crippen molar-refractivity contribution in [2.75, 3.05) is 21.3 Å². The number of nitrogens with zero attached hydrogens (tertiary/aromatic N) is 1. The third-order valence-electron chi connectivity index (χ3n) is 5.65. The summed E-state index contributed by atoms with van der Waals surface area (Å²) in [5.74, 6) is 1.50. The largest absolute Gasteiger partial charge is 1.00 e. The molecule has 6 heteroatoms. The number of rotatable bonds is 7. The summed E-state index contributed by atoms with van der Waals surface area (Å²) in [6, 6.07) is 16.4. The fourth-order valence-electron chi connectivity index (χ4n) is 4.17. The fourth-order valence-corrected chi connectivity index (χ4v) is 4.17. The van der Waals surface area contributed by atoms with Crippen molar-refractivity contribution in [2.24, 2.45) is 5.92 Å². The van der Waals surface area contributed by atoms with Crippen LogP contribution in [0.2, 0.25) is 0 Å². The number of methoxy groups -OCH3 is 3. The lowest BCUT2D eigenvalue weighted by Crippen LogP contribution is -3.00. The maximum atomic E-state index is 13.2. The van der Waals surface area contributed by atoms with E-state index in [1.165, 1.54) is 5.56 Å².